The molecule has 0 N–H and O–H groups in total. The van der Waals surface area contributed by atoms with Crippen molar-refractivity contribution in [3.05, 3.63) is 158 Å². The molecular formula is C48H31N3. The first-order valence-corrected chi connectivity index (χ1v) is 17.7. The summed E-state index contributed by atoms with van der Waals surface area (Å²) in [6.45, 7) is 3.01. The summed E-state index contributed by atoms with van der Waals surface area (Å²) in [6.07, 6.45) is 1.95. The van der Waals surface area contributed by atoms with Crippen molar-refractivity contribution in [2.45, 2.75) is 13.5 Å². The molecule has 51 heavy (non-hydrogen) atoms. The average Bonchev–Trinajstić information content (AvgIpc) is 3.58. The topological polar surface area (TPSA) is 30.7 Å². The standard InChI is InChI=1S/C48H31N3/c1-2-51-43-15-4-3-14-42(43)50-48(51)35-24-25-41(49-28-35)30-18-16-29(17-19-30)36-26-34-23-22-33-9-6-12-38-37-11-5-8-31-20-21-32-10-7-13-39(46(32)44(31)37)40(27-36)47(34)45(33)38/h3-28H,2H2,1H3. The molecule has 3 nitrogen and oxygen atoms in total. The van der Waals surface area contributed by atoms with E-state index in [1.807, 2.05) is 12.3 Å². The van der Waals surface area contributed by atoms with E-state index in [1.165, 1.54) is 75.8 Å². The monoisotopic (exact) mass is 649 g/mol. The molecule has 0 radical (unpaired) electrons. The summed E-state index contributed by atoms with van der Waals surface area (Å²) in [6, 6.07) is 55.7. The lowest BCUT2D eigenvalue weighted by Crippen LogP contribution is -1.98. The van der Waals surface area contributed by atoms with Crippen LogP contribution in [-0.2, 0) is 6.54 Å². The SMILES string of the molecule is CCn1c(-c2ccc(-c3ccc(-c4cc5ccc6cccc7c8cccc9ccc%10cccc(c(c4)c5c67)c%10c98)cc3)nc2)nc2ccccc21. The van der Waals surface area contributed by atoms with E-state index in [2.05, 4.69) is 157 Å². The summed E-state index contributed by atoms with van der Waals surface area (Å²) in [7, 11) is 0. The summed E-state index contributed by atoms with van der Waals surface area (Å²) in [4.78, 5) is 9.83. The van der Waals surface area contributed by atoms with Crippen LogP contribution in [0.15, 0.2) is 158 Å². The summed E-state index contributed by atoms with van der Waals surface area (Å²) in [5.41, 5.74) is 7.61. The van der Waals surface area contributed by atoms with Crippen LogP contribution in [0.4, 0.5) is 0 Å². The zero-order valence-corrected chi connectivity index (χ0v) is 28.1. The Bertz CT molecular complexity index is 3150. The molecule has 3 heteroatoms. The Balaban J connectivity index is 1.08. The van der Waals surface area contributed by atoms with Crippen LogP contribution in [0.5, 0.6) is 0 Å². The molecule has 0 atom stereocenters. The molecule has 2 aromatic heterocycles. The first-order valence-electron chi connectivity index (χ1n) is 17.7. The second-order valence-corrected chi connectivity index (χ2v) is 13.6. The van der Waals surface area contributed by atoms with Crippen LogP contribution in [0.1, 0.15) is 6.92 Å². The van der Waals surface area contributed by atoms with E-state index in [4.69, 9.17) is 9.97 Å². The average molecular weight is 650 g/mol. The van der Waals surface area contributed by atoms with Crippen LogP contribution in [0.2, 0.25) is 0 Å². The number of para-hydroxylation sites is 2. The van der Waals surface area contributed by atoms with E-state index in [1.54, 1.807) is 0 Å². The minimum atomic E-state index is 0.852. The van der Waals surface area contributed by atoms with Crippen LogP contribution >= 0.6 is 0 Å². The van der Waals surface area contributed by atoms with E-state index in [0.717, 1.165) is 40.2 Å². The van der Waals surface area contributed by atoms with Crippen molar-refractivity contribution >= 4 is 75.7 Å². The van der Waals surface area contributed by atoms with Crippen LogP contribution in [0.3, 0.4) is 0 Å². The first-order chi connectivity index (χ1) is 25.2. The maximum absolute atomic E-state index is 4.93. The van der Waals surface area contributed by atoms with Crippen LogP contribution in [-0.4, -0.2) is 14.5 Å². The third-order valence-corrected chi connectivity index (χ3v) is 10.9. The number of benzene rings is 8. The second kappa shape index (κ2) is 10.7. The fourth-order valence-electron chi connectivity index (χ4n) is 8.60. The Hall–Kier alpha value is -6.58. The normalized spacial score (nSPS) is 12.1. The van der Waals surface area contributed by atoms with Gasteiger partial charge in [-0.1, -0.05) is 115 Å². The lowest BCUT2D eigenvalue weighted by Gasteiger charge is -2.17. The van der Waals surface area contributed by atoms with E-state index in [9.17, 15) is 0 Å². The second-order valence-electron chi connectivity index (χ2n) is 13.6. The Morgan fingerprint density at radius 3 is 1.65 bits per heavy atom. The molecule has 2 heterocycles. The fraction of sp³-hybridized carbons (Fsp3) is 0.0417. The third-order valence-electron chi connectivity index (χ3n) is 10.9. The van der Waals surface area contributed by atoms with Crippen molar-refractivity contribution in [1.29, 1.82) is 0 Å². The van der Waals surface area contributed by atoms with E-state index in [0.29, 0.717) is 0 Å². The summed E-state index contributed by atoms with van der Waals surface area (Å²) < 4.78 is 2.25. The van der Waals surface area contributed by atoms with Gasteiger partial charge in [-0.3, -0.25) is 4.98 Å². The number of hydrogen-bond donors (Lipinski definition) is 0. The van der Waals surface area contributed by atoms with Crippen LogP contribution in [0.25, 0.3) is 109 Å². The largest absolute Gasteiger partial charge is 0.324 e. The molecule has 0 fully saturated rings. The highest BCUT2D eigenvalue weighted by molar-refractivity contribution is 6.37. The van der Waals surface area contributed by atoms with Crippen molar-refractivity contribution in [3.8, 4) is 33.8 Å². The van der Waals surface area contributed by atoms with Crippen molar-refractivity contribution < 1.29 is 0 Å². The van der Waals surface area contributed by atoms with Gasteiger partial charge < -0.3 is 4.57 Å². The van der Waals surface area contributed by atoms with Crippen LogP contribution in [0, 0.1) is 0 Å². The molecule has 0 unspecified atom stereocenters. The van der Waals surface area contributed by atoms with Gasteiger partial charge in [0, 0.05) is 23.9 Å². The van der Waals surface area contributed by atoms with Gasteiger partial charge in [0.05, 0.1) is 16.7 Å². The summed E-state index contributed by atoms with van der Waals surface area (Å²) in [5, 5.41) is 15.6. The fourth-order valence-corrected chi connectivity index (χ4v) is 8.60. The van der Waals surface area contributed by atoms with E-state index in [-0.39, 0.29) is 0 Å². The van der Waals surface area contributed by atoms with E-state index >= 15 is 0 Å². The Labute approximate surface area is 294 Å². The van der Waals surface area contributed by atoms with Gasteiger partial charge in [-0.15, -0.1) is 0 Å². The van der Waals surface area contributed by atoms with Crippen molar-refractivity contribution in [3.63, 3.8) is 0 Å². The lowest BCUT2D eigenvalue weighted by atomic mass is 9.86. The zero-order chi connectivity index (χ0) is 33.6. The molecule has 0 aliphatic heterocycles. The highest BCUT2D eigenvalue weighted by atomic mass is 15.1. The predicted octanol–water partition coefficient (Wildman–Crippen LogP) is 12.8. The number of aromatic nitrogens is 3. The number of nitrogens with zero attached hydrogens (tertiary/aromatic N) is 3. The highest BCUT2D eigenvalue weighted by Crippen LogP contribution is 2.44. The van der Waals surface area contributed by atoms with Crippen molar-refractivity contribution in [2.75, 3.05) is 0 Å². The summed E-state index contributed by atoms with van der Waals surface area (Å²) in [5.74, 6) is 0.954. The molecule has 0 aliphatic rings. The van der Waals surface area contributed by atoms with Gasteiger partial charge in [0.25, 0.3) is 0 Å². The predicted molar refractivity (Wildman–Crippen MR) is 216 cm³/mol. The molecule has 0 saturated carbocycles. The third kappa shape index (κ3) is 4.12. The maximum atomic E-state index is 4.93. The molecule has 238 valence electrons. The van der Waals surface area contributed by atoms with Gasteiger partial charge >= 0.3 is 0 Å². The highest BCUT2D eigenvalue weighted by Gasteiger charge is 2.17. The molecule has 0 saturated heterocycles. The minimum Gasteiger partial charge on any atom is -0.324 e. The molecule has 9 aromatic carbocycles. The van der Waals surface area contributed by atoms with Gasteiger partial charge in [0.1, 0.15) is 5.82 Å². The molecule has 0 aliphatic carbocycles. The number of hydrogen-bond acceptors (Lipinski definition) is 2. The minimum absolute atomic E-state index is 0.852. The number of imidazole rings is 1. The van der Waals surface area contributed by atoms with Gasteiger partial charge in [-0.2, -0.15) is 0 Å². The lowest BCUT2D eigenvalue weighted by molar-refractivity contribution is 0.796. The molecule has 0 amide bonds. The molecular weight excluding hydrogens is 619 g/mol. The summed E-state index contributed by atoms with van der Waals surface area (Å²) >= 11 is 0. The number of pyridine rings is 1. The Kier molecular flexibility index (Phi) is 5.94. The van der Waals surface area contributed by atoms with Gasteiger partial charge in [0.2, 0.25) is 0 Å². The van der Waals surface area contributed by atoms with Gasteiger partial charge in [-0.05, 0) is 119 Å². The Morgan fingerprint density at radius 1 is 0.451 bits per heavy atom. The van der Waals surface area contributed by atoms with Gasteiger partial charge in [0.15, 0.2) is 0 Å². The quantitative estimate of drug-likeness (QED) is 0.178. The number of aryl methyl sites for hydroxylation is 1. The van der Waals surface area contributed by atoms with Crippen molar-refractivity contribution in [1.82, 2.24) is 14.5 Å². The van der Waals surface area contributed by atoms with E-state index < -0.39 is 0 Å². The van der Waals surface area contributed by atoms with Crippen molar-refractivity contribution in [2.24, 2.45) is 0 Å². The number of rotatable bonds is 4. The maximum Gasteiger partial charge on any atom is 0.142 e. The van der Waals surface area contributed by atoms with Crippen LogP contribution < -0.4 is 0 Å². The molecule has 0 spiro atoms. The smallest absolute Gasteiger partial charge is 0.142 e. The Morgan fingerprint density at radius 2 is 1.02 bits per heavy atom. The molecule has 11 rings (SSSR count). The zero-order valence-electron chi connectivity index (χ0n) is 28.1. The molecule has 0 bridgehead atoms. The number of fused-ring (bicyclic) bond motifs is 3. The first kappa shape index (κ1) is 28.3. The van der Waals surface area contributed by atoms with Gasteiger partial charge in [-0.25, -0.2) is 4.98 Å². The molecule has 11 aromatic rings.